The minimum Gasteiger partial charge on any atom is -0.273 e. The number of nitrogens with zero attached hydrogens (tertiary/aromatic N) is 2. The number of hydrazone groups is 1. The summed E-state index contributed by atoms with van der Waals surface area (Å²) in [6, 6.07) is 0. The van der Waals surface area contributed by atoms with E-state index >= 15 is 0 Å². The molecule has 1 aliphatic rings. The first-order valence-electron chi connectivity index (χ1n) is 3.01. The molecule has 0 fully saturated rings. The van der Waals surface area contributed by atoms with Gasteiger partial charge in [0, 0.05) is 25.6 Å². The molecule has 3 nitrogen and oxygen atoms in total. The summed E-state index contributed by atoms with van der Waals surface area (Å²) in [5.41, 5.74) is 0. The Hall–Kier alpha value is -0.860. The van der Waals surface area contributed by atoms with Crippen LogP contribution in [0.1, 0.15) is 13.3 Å². The second-order valence-electron chi connectivity index (χ2n) is 2.36. The minimum atomic E-state index is 0.102. The number of hydrogen-bond donors (Lipinski definition) is 0. The van der Waals surface area contributed by atoms with Crippen molar-refractivity contribution in [3.8, 4) is 0 Å². The molecule has 0 bridgehead atoms. The van der Waals surface area contributed by atoms with Gasteiger partial charge in [0.1, 0.15) is 0 Å². The third-order valence-corrected chi connectivity index (χ3v) is 1.35. The average Bonchev–Trinajstić information content (AvgIpc) is 1.80. The highest BCUT2D eigenvalue weighted by Gasteiger charge is 2.15. The lowest BCUT2D eigenvalue weighted by Gasteiger charge is -2.17. The normalized spacial score (nSPS) is 27.1. The minimum absolute atomic E-state index is 0.102. The van der Waals surface area contributed by atoms with Gasteiger partial charge in [-0.15, -0.1) is 0 Å². The largest absolute Gasteiger partial charge is 0.273 e. The molecule has 1 unspecified atom stereocenters. The number of carbonyl (C=O) groups is 1. The summed E-state index contributed by atoms with van der Waals surface area (Å²) < 4.78 is 0. The van der Waals surface area contributed by atoms with Crippen LogP contribution in [0.25, 0.3) is 0 Å². The molecule has 50 valence electrons. The summed E-state index contributed by atoms with van der Waals surface area (Å²) in [4.78, 5) is 10.8. The molecule has 1 aliphatic heterocycles. The van der Waals surface area contributed by atoms with Crippen molar-refractivity contribution >= 4 is 12.1 Å². The van der Waals surface area contributed by atoms with Gasteiger partial charge >= 0.3 is 0 Å². The van der Waals surface area contributed by atoms with Gasteiger partial charge in [-0.2, -0.15) is 5.10 Å². The Labute approximate surface area is 54.3 Å². The molecular weight excluding hydrogens is 116 g/mol. The van der Waals surface area contributed by atoms with Gasteiger partial charge < -0.3 is 0 Å². The fourth-order valence-corrected chi connectivity index (χ4v) is 0.738. The maximum absolute atomic E-state index is 10.8. The third-order valence-electron chi connectivity index (χ3n) is 1.35. The van der Waals surface area contributed by atoms with E-state index in [2.05, 4.69) is 5.10 Å². The van der Waals surface area contributed by atoms with Crippen molar-refractivity contribution in [3.63, 3.8) is 0 Å². The third kappa shape index (κ3) is 1.28. The number of hydrogen-bond acceptors (Lipinski definition) is 2. The number of amides is 1. The maximum Gasteiger partial charge on any atom is 0.243 e. The predicted molar refractivity (Wildman–Crippen MR) is 35.0 cm³/mol. The van der Waals surface area contributed by atoms with Crippen molar-refractivity contribution in [2.45, 2.75) is 13.3 Å². The Bertz CT molecular complexity index is 153. The van der Waals surface area contributed by atoms with Gasteiger partial charge in [0.2, 0.25) is 5.91 Å². The summed E-state index contributed by atoms with van der Waals surface area (Å²) in [6.45, 7) is 1.98. The van der Waals surface area contributed by atoms with Crippen LogP contribution in [0.5, 0.6) is 0 Å². The first kappa shape index (κ1) is 6.26. The van der Waals surface area contributed by atoms with Crippen LogP contribution in [-0.2, 0) is 4.79 Å². The van der Waals surface area contributed by atoms with Gasteiger partial charge in [-0.3, -0.25) is 4.79 Å². The molecule has 0 N–H and O–H groups in total. The molecular formula is C6H10N2O. The van der Waals surface area contributed by atoms with E-state index in [0.717, 1.165) is 0 Å². The first-order chi connectivity index (χ1) is 4.20. The van der Waals surface area contributed by atoms with Crippen LogP contribution in [0.15, 0.2) is 5.10 Å². The highest BCUT2D eigenvalue weighted by Crippen LogP contribution is 2.07. The van der Waals surface area contributed by atoms with Crippen LogP contribution in [0.4, 0.5) is 0 Å². The van der Waals surface area contributed by atoms with Gasteiger partial charge in [0.15, 0.2) is 0 Å². The lowest BCUT2D eigenvalue weighted by molar-refractivity contribution is -0.131. The van der Waals surface area contributed by atoms with Gasteiger partial charge in [-0.25, -0.2) is 5.01 Å². The molecule has 1 heterocycles. The smallest absolute Gasteiger partial charge is 0.243 e. The Morgan fingerprint density at radius 1 is 1.89 bits per heavy atom. The maximum atomic E-state index is 10.8. The second-order valence-corrected chi connectivity index (χ2v) is 2.36. The van der Waals surface area contributed by atoms with Crippen molar-refractivity contribution in [3.05, 3.63) is 0 Å². The van der Waals surface area contributed by atoms with E-state index in [0.29, 0.717) is 12.3 Å². The predicted octanol–water partition coefficient (Wildman–Crippen LogP) is 0.470. The standard InChI is InChI=1S/C6H10N2O/c1-5-3-6(9)8(2)7-4-5/h4-5H,3H2,1-2H3. The molecule has 0 aliphatic carbocycles. The molecule has 0 aromatic rings. The Balaban J connectivity index is 2.65. The highest BCUT2D eigenvalue weighted by atomic mass is 16.2. The fourth-order valence-electron chi connectivity index (χ4n) is 0.738. The molecule has 0 aromatic heterocycles. The monoisotopic (exact) mass is 126 g/mol. The summed E-state index contributed by atoms with van der Waals surface area (Å²) in [5.74, 6) is 0.415. The van der Waals surface area contributed by atoms with Crippen LogP contribution in [0.2, 0.25) is 0 Å². The lowest BCUT2D eigenvalue weighted by Crippen LogP contribution is -2.28. The van der Waals surface area contributed by atoms with Crippen LogP contribution in [0.3, 0.4) is 0 Å². The van der Waals surface area contributed by atoms with Gasteiger partial charge in [0.25, 0.3) is 0 Å². The molecule has 3 heteroatoms. The van der Waals surface area contributed by atoms with E-state index < -0.39 is 0 Å². The zero-order valence-electron chi connectivity index (χ0n) is 5.66. The van der Waals surface area contributed by atoms with Crippen LogP contribution in [-0.4, -0.2) is 24.2 Å². The molecule has 0 saturated heterocycles. The van der Waals surface area contributed by atoms with Crippen LogP contribution in [0, 0.1) is 5.92 Å². The molecule has 0 saturated carbocycles. The zero-order valence-corrected chi connectivity index (χ0v) is 5.66. The van der Waals surface area contributed by atoms with Gasteiger partial charge in [0.05, 0.1) is 0 Å². The van der Waals surface area contributed by atoms with Gasteiger partial charge in [-0.1, -0.05) is 6.92 Å². The van der Waals surface area contributed by atoms with Crippen molar-refractivity contribution in [1.29, 1.82) is 0 Å². The van der Waals surface area contributed by atoms with E-state index in [9.17, 15) is 4.79 Å². The summed E-state index contributed by atoms with van der Waals surface area (Å²) in [7, 11) is 1.67. The lowest BCUT2D eigenvalue weighted by atomic mass is 10.1. The topological polar surface area (TPSA) is 32.7 Å². The van der Waals surface area contributed by atoms with E-state index in [-0.39, 0.29) is 5.91 Å². The van der Waals surface area contributed by atoms with E-state index in [1.165, 1.54) is 5.01 Å². The van der Waals surface area contributed by atoms with Crippen LogP contribution >= 0.6 is 0 Å². The highest BCUT2D eigenvalue weighted by molar-refractivity contribution is 5.82. The van der Waals surface area contributed by atoms with Crippen molar-refractivity contribution in [2.75, 3.05) is 7.05 Å². The fraction of sp³-hybridized carbons (Fsp3) is 0.667. The van der Waals surface area contributed by atoms with E-state index in [1.807, 2.05) is 6.92 Å². The molecule has 9 heavy (non-hydrogen) atoms. The van der Waals surface area contributed by atoms with Crippen molar-refractivity contribution in [1.82, 2.24) is 5.01 Å². The molecule has 0 radical (unpaired) electrons. The van der Waals surface area contributed by atoms with Gasteiger partial charge in [-0.05, 0) is 0 Å². The molecule has 1 amide bonds. The Morgan fingerprint density at radius 2 is 2.56 bits per heavy atom. The molecule has 1 rings (SSSR count). The Morgan fingerprint density at radius 3 is 3.00 bits per heavy atom. The summed E-state index contributed by atoms with van der Waals surface area (Å²) in [6.07, 6.45) is 2.39. The second kappa shape index (κ2) is 2.17. The SMILES string of the molecule is CC1C=NN(C)C(=O)C1. The number of rotatable bonds is 0. The average molecular weight is 126 g/mol. The summed E-state index contributed by atoms with van der Waals surface area (Å²) >= 11 is 0. The first-order valence-corrected chi connectivity index (χ1v) is 3.01. The molecule has 0 spiro atoms. The van der Waals surface area contributed by atoms with Crippen LogP contribution < -0.4 is 0 Å². The summed E-state index contributed by atoms with van der Waals surface area (Å²) in [5, 5.41) is 5.23. The van der Waals surface area contributed by atoms with Crippen molar-refractivity contribution in [2.24, 2.45) is 11.0 Å². The van der Waals surface area contributed by atoms with Crippen molar-refractivity contribution < 1.29 is 4.79 Å². The zero-order chi connectivity index (χ0) is 6.85. The van der Waals surface area contributed by atoms with E-state index in [1.54, 1.807) is 13.3 Å². The Kier molecular flexibility index (Phi) is 1.51. The number of carbonyl (C=O) groups excluding carboxylic acids is 1. The molecule has 1 atom stereocenters. The quantitative estimate of drug-likeness (QED) is 0.464. The van der Waals surface area contributed by atoms with E-state index in [4.69, 9.17) is 0 Å². The molecule has 0 aromatic carbocycles.